The van der Waals surface area contributed by atoms with Gasteiger partial charge < -0.3 is 11.1 Å². The summed E-state index contributed by atoms with van der Waals surface area (Å²) in [7, 11) is 0. The summed E-state index contributed by atoms with van der Waals surface area (Å²) in [5.74, 6) is 0.353. The van der Waals surface area contributed by atoms with Crippen LogP contribution in [0.5, 0.6) is 0 Å². The highest BCUT2D eigenvalue weighted by Gasteiger charge is 2.25. The lowest BCUT2D eigenvalue weighted by Gasteiger charge is -2.30. The summed E-state index contributed by atoms with van der Waals surface area (Å²) in [6, 6.07) is 8.39. The van der Waals surface area contributed by atoms with Crippen molar-refractivity contribution in [3.63, 3.8) is 0 Å². The molecule has 0 spiro atoms. The van der Waals surface area contributed by atoms with Gasteiger partial charge in [-0.15, -0.1) is 11.3 Å². The Hall–Kier alpha value is -1.72. The fourth-order valence-electron chi connectivity index (χ4n) is 2.50. The zero-order valence-corrected chi connectivity index (χ0v) is 12.0. The average molecular weight is 287 g/mol. The first-order valence-corrected chi connectivity index (χ1v) is 7.66. The predicted octanol–water partition coefficient (Wildman–Crippen LogP) is 1.71. The van der Waals surface area contributed by atoms with E-state index >= 15 is 0 Å². The van der Waals surface area contributed by atoms with Gasteiger partial charge >= 0.3 is 0 Å². The van der Waals surface area contributed by atoms with Gasteiger partial charge in [-0.3, -0.25) is 4.79 Å². The molecule has 0 saturated carbocycles. The Bertz CT molecular complexity index is 623. The number of nitrogens with two attached hydrogens (primary N) is 1. The van der Waals surface area contributed by atoms with Crippen LogP contribution in [0.3, 0.4) is 0 Å². The van der Waals surface area contributed by atoms with Crippen molar-refractivity contribution in [1.82, 2.24) is 10.3 Å². The zero-order valence-electron chi connectivity index (χ0n) is 11.1. The zero-order chi connectivity index (χ0) is 13.9. The summed E-state index contributed by atoms with van der Waals surface area (Å²) in [5, 5.41) is 5.69. The topological polar surface area (TPSA) is 68.0 Å². The molecule has 0 fully saturated rings. The van der Waals surface area contributed by atoms with Crippen molar-refractivity contribution in [2.75, 3.05) is 13.1 Å². The molecule has 1 amide bonds. The molecular weight excluding hydrogens is 270 g/mol. The van der Waals surface area contributed by atoms with Crippen molar-refractivity contribution in [2.24, 2.45) is 5.73 Å². The van der Waals surface area contributed by atoms with Gasteiger partial charge in [0, 0.05) is 24.3 Å². The van der Waals surface area contributed by atoms with Crippen molar-refractivity contribution < 1.29 is 4.79 Å². The van der Waals surface area contributed by atoms with Crippen molar-refractivity contribution in [3.05, 3.63) is 51.5 Å². The number of carbonyl (C=O) groups is 1. The molecule has 1 heterocycles. The summed E-state index contributed by atoms with van der Waals surface area (Å²) >= 11 is 1.49. The monoisotopic (exact) mass is 287 g/mol. The normalized spacial score (nSPS) is 16.4. The first-order chi connectivity index (χ1) is 9.78. The van der Waals surface area contributed by atoms with Gasteiger partial charge in [0.05, 0.1) is 5.01 Å². The number of thiazole rings is 1. The van der Waals surface area contributed by atoms with E-state index in [4.69, 9.17) is 5.73 Å². The maximum Gasteiger partial charge on any atom is 0.270 e. The van der Waals surface area contributed by atoms with E-state index in [9.17, 15) is 4.79 Å². The molecule has 2 aromatic rings. The van der Waals surface area contributed by atoms with E-state index in [1.807, 2.05) is 6.07 Å². The van der Waals surface area contributed by atoms with Gasteiger partial charge in [-0.25, -0.2) is 4.98 Å². The van der Waals surface area contributed by atoms with Crippen molar-refractivity contribution >= 4 is 17.2 Å². The molecule has 1 aliphatic rings. The van der Waals surface area contributed by atoms with Gasteiger partial charge in [0.25, 0.3) is 5.91 Å². The molecule has 0 aliphatic heterocycles. The van der Waals surface area contributed by atoms with Gasteiger partial charge in [0.15, 0.2) is 0 Å². The minimum Gasteiger partial charge on any atom is -0.350 e. The lowest BCUT2D eigenvalue weighted by atomic mass is 9.77. The molecule has 1 aromatic carbocycles. The largest absolute Gasteiger partial charge is 0.350 e. The second-order valence-corrected chi connectivity index (χ2v) is 5.92. The summed E-state index contributed by atoms with van der Waals surface area (Å²) in [6.45, 7) is 1.24. The molecule has 1 unspecified atom stereocenters. The van der Waals surface area contributed by atoms with E-state index in [0.29, 0.717) is 24.7 Å². The van der Waals surface area contributed by atoms with Crippen LogP contribution >= 0.6 is 11.3 Å². The number of carbonyl (C=O) groups excluding carboxylic acids is 1. The van der Waals surface area contributed by atoms with Crippen LogP contribution in [0.15, 0.2) is 29.6 Å². The van der Waals surface area contributed by atoms with Crippen molar-refractivity contribution in [2.45, 2.75) is 18.8 Å². The standard InChI is InChI=1S/C15H17N3OS/c16-6-5-14-18-13(9-20-14)15(19)17-8-11-7-10-3-1-2-4-12(10)11/h1-4,9,11H,5-8,16H2,(H,17,19). The van der Waals surface area contributed by atoms with Crippen LogP contribution in [0.25, 0.3) is 0 Å². The van der Waals surface area contributed by atoms with Crippen LogP contribution in [-0.2, 0) is 12.8 Å². The fourth-order valence-corrected chi connectivity index (χ4v) is 3.30. The molecule has 1 aliphatic carbocycles. The van der Waals surface area contributed by atoms with E-state index < -0.39 is 0 Å². The molecule has 1 atom stereocenters. The molecule has 0 radical (unpaired) electrons. The minimum atomic E-state index is -0.0890. The van der Waals surface area contributed by atoms with Crippen molar-refractivity contribution in [3.8, 4) is 0 Å². The first kappa shape index (κ1) is 13.3. The lowest BCUT2D eigenvalue weighted by molar-refractivity contribution is 0.0945. The molecule has 3 N–H and O–H groups in total. The molecule has 20 heavy (non-hydrogen) atoms. The Morgan fingerprint density at radius 1 is 1.45 bits per heavy atom. The summed E-state index contributed by atoms with van der Waals surface area (Å²) in [5.41, 5.74) is 8.74. The molecular formula is C15H17N3OS. The van der Waals surface area contributed by atoms with E-state index in [-0.39, 0.29) is 5.91 Å². The third-order valence-corrected chi connectivity index (χ3v) is 4.52. The van der Waals surface area contributed by atoms with Crippen LogP contribution in [0.1, 0.15) is 32.5 Å². The number of amides is 1. The highest BCUT2D eigenvalue weighted by atomic mass is 32.1. The van der Waals surface area contributed by atoms with Gasteiger partial charge in [0.2, 0.25) is 0 Å². The first-order valence-electron chi connectivity index (χ1n) is 6.78. The van der Waals surface area contributed by atoms with E-state index in [1.165, 1.54) is 22.5 Å². The summed E-state index contributed by atoms with van der Waals surface area (Å²) in [4.78, 5) is 16.3. The highest BCUT2D eigenvalue weighted by Crippen LogP contribution is 2.34. The average Bonchev–Trinajstić information content (AvgIpc) is 2.89. The van der Waals surface area contributed by atoms with E-state index in [0.717, 1.165) is 17.8 Å². The number of hydrogen-bond acceptors (Lipinski definition) is 4. The van der Waals surface area contributed by atoms with Gasteiger partial charge in [-0.2, -0.15) is 0 Å². The third-order valence-electron chi connectivity index (χ3n) is 3.61. The smallest absolute Gasteiger partial charge is 0.270 e. The van der Waals surface area contributed by atoms with Crippen LogP contribution in [0.2, 0.25) is 0 Å². The number of nitrogens with zero attached hydrogens (tertiary/aromatic N) is 1. The van der Waals surface area contributed by atoms with Crippen molar-refractivity contribution in [1.29, 1.82) is 0 Å². The third kappa shape index (κ3) is 2.59. The van der Waals surface area contributed by atoms with Crippen LogP contribution in [-0.4, -0.2) is 24.0 Å². The SMILES string of the molecule is NCCc1nc(C(=O)NCC2Cc3ccccc32)cs1. The number of benzene rings is 1. The van der Waals surface area contributed by atoms with E-state index in [1.54, 1.807) is 5.38 Å². The quantitative estimate of drug-likeness (QED) is 0.879. The number of hydrogen-bond donors (Lipinski definition) is 2. The fraction of sp³-hybridized carbons (Fsp3) is 0.333. The Morgan fingerprint density at radius 2 is 2.30 bits per heavy atom. The summed E-state index contributed by atoms with van der Waals surface area (Å²) in [6.07, 6.45) is 1.78. The van der Waals surface area contributed by atoms with Crippen LogP contribution < -0.4 is 11.1 Å². The van der Waals surface area contributed by atoms with Crippen LogP contribution in [0.4, 0.5) is 0 Å². The van der Waals surface area contributed by atoms with Gasteiger partial charge in [0.1, 0.15) is 5.69 Å². The Kier molecular flexibility index (Phi) is 3.80. The minimum absolute atomic E-state index is 0.0890. The molecule has 5 heteroatoms. The molecule has 3 rings (SSSR count). The van der Waals surface area contributed by atoms with Gasteiger partial charge in [-0.05, 0) is 24.1 Å². The second kappa shape index (κ2) is 5.73. The maximum atomic E-state index is 12.0. The highest BCUT2D eigenvalue weighted by molar-refractivity contribution is 7.09. The predicted molar refractivity (Wildman–Crippen MR) is 80.1 cm³/mol. The Balaban J connectivity index is 1.55. The number of nitrogens with one attached hydrogen (secondary N) is 1. The number of rotatable bonds is 5. The molecule has 1 aromatic heterocycles. The second-order valence-electron chi connectivity index (χ2n) is 4.98. The van der Waals surface area contributed by atoms with Crippen LogP contribution in [0, 0.1) is 0 Å². The molecule has 4 nitrogen and oxygen atoms in total. The maximum absolute atomic E-state index is 12.0. The summed E-state index contributed by atoms with van der Waals surface area (Å²) < 4.78 is 0. The Labute approximate surface area is 122 Å². The van der Waals surface area contributed by atoms with E-state index in [2.05, 4.69) is 28.5 Å². The lowest BCUT2D eigenvalue weighted by Crippen LogP contribution is -2.33. The number of aromatic nitrogens is 1. The molecule has 0 bridgehead atoms. The van der Waals surface area contributed by atoms with Gasteiger partial charge in [-0.1, -0.05) is 24.3 Å². The number of fused-ring (bicyclic) bond motifs is 1. The molecule has 104 valence electrons. The Morgan fingerprint density at radius 3 is 3.10 bits per heavy atom. The molecule has 0 saturated heterocycles.